The molecule has 1 aliphatic rings. The van der Waals surface area contributed by atoms with E-state index in [9.17, 15) is 27.6 Å². The number of fused-ring (bicyclic) bond motifs is 3. The van der Waals surface area contributed by atoms with E-state index in [0.717, 1.165) is 16.7 Å². The fourth-order valence-corrected chi connectivity index (χ4v) is 4.32. The summed E-state index contributed by atoms with van der Waals surface area (Å²) in [5.41, 5.74) is 3.64. The lowest BCUT2D eigenvalue weighted by molar-refractivity contribution is -0.133. The van der Waals surface area contributed by atoms with E-state index < -0.39 is 42.8 Å². The summed E-state index contributed by atoms with van der Waals surface area (Å²) in [7, 11) is 0. The summed E-state index contributed by atoms with van der Waals surface area (Å²) in [6.45, 7) is 0.365. The number of carbonyl (C=O) groups is 3. The second-order valence-electron chi connectivity index (χ2n) is 9.09. The van der Waals surface area contributed by atoms with Gasteiger partial charge in [0.05, 0.1) is 18.9 Å². The molecule has 0 aromatic heterocycles. The van der Waals surface area contributed by atoms with Crippen LogP contribution in [0.4, 0.5) is 23.7 Å². The van der Waals surface area contributed by atoms with Crippen LogP contribution < -0.4 is 15.5 Å². The molecular weight excluding hydrogens is 527 g/mol. The van der Waals surface area contributed by atoms with Gasteiger partial charge in [-0.1, -0.05) is 72.8 Å². The van der Waals surface area contributed by atoms with Gasteiger partial charge in [0.1, 0.15) is 12.6 Å². The summed E-state index contributed by atoms with van der Waals surface area (Å²) in [5.74, 6) is -1.29. The lowest BCUT2D eigenvalue weighted by atomic mass is 9.95. The first-order valence-electron chi connectivity index (χ1n) is 12.6. The Balaban J connectivity index is 1.53. The van der Waals surface area contributed by atoms with Crippen molar-refractivity contribution in [2.75, 3.05) is 24.6 Å². The van der Waals surface area contributed by atoms with Crippen LogP contribution in [-0.4, -0.2) is 49.9 Å². The number of para-hydroxylation sites is 1. The minimum Gasteiger partial charge on any atom is -0.436 e. The number of ether oxygens (including phenoxy) is 2. The summed E-state index contributed by atoms with van der Waals surface area (Å²) in [4.78, 5) is 40.2. The van der Waals surface area contributed by atoms with Crippen LogP contribution in [-0.2, 0) is 25.7 Å². The van der Waals surface area contributed by atoms with Gasteiger partial charge in [-0.3, -0.25) is 9.59 Å². The molecule has 0 fully saturated rings. The van der Waals surface area contributed by atoms with Gasteiger partial charge in [0, 0.05) is 12.1 Å². The molecule has 210 valence electrons. The van der Waals surface area contributed by atoms with E-state index in [-0.39, 0.29) is 13.2 Å². The maximum absolute atomic E-state index is 13.9. The van der Waals surface area contributed by atoms with Gasteiger partial charge in [0.15, 0.2) is 6.10 Å². The molecule has 0 spiro atoms. The normalized spacial score (nSPS) is 15.3. The van der Waals surface area contributed by atoms with E-state index in [1.165, 1.54) is 11.8 Å². The summed E-state index contributed by atoms with van der Waals surface area (Å²) in [6.07, 6.45) is -7.51. The van der Waals surface area contributed by atoms with Crippen molar-refractivity contribution >= 4 is 23.6 Å². The molecule has 40 heavy (non-hydrogen) atoms. The number of nitrogens with one attached hydrogen (secondary N) is 2. The molecule has 11 heteroatoms. The molecule has 0 unspecified atom stereocenters. The lowest BCUT2D eigenvalue weighted by Gasteiger charge is -2.27. The van der Waals surface area contributed by atoms with Crippen molar-refractivity contribution in [2.45, 2.75) is 31.9 Å². The highest BCUT2D eigenvalue weighted by Gasteiger charge is 2.36. The van der Waals surface area contributed by atoms with E-state index >= 15 is 0 Å². The van der Waals surface area contributed by atoms with Crippen LogP contribution in [0, 0.1) is 0 Å². The highest BCUT2D eigenvalue weighted by Crippen LogP contribution is 2.40. The van der Waals surface area contributed by atoms with E-state index in [1.807, 2.05) is 60.7 Å². The first-order valence-corrected chi connectivity index (χ1v) is 12.6. The van der Waals surface area contributed by atoms with Crippen LogP contribution in [0.2, 0.25) is 0 Å². The lowest BCUT2D eigenvalue weighted by Crippen LogP contribution is -2.47. The second-order valence-corrected chi connectivity index (χ2v) is 9.09. The fourth-order valence-electron chi connectivity index (χ4n) is 4.32. The zero-order valence-corrected chi connectivity index (χ0v) is 21.6. The average molecular weight is 556 g/mol. The fraction of sp³-hybridized carbons (Fsp3) is 0.276. The van der Waals surface area contributed by atoms with Crippen molar-refractivity contribution in [2.24, 2.45) is 0 Å². The predicted molar refractivity (Wildman–Crippen MR) is 141 cm³/mol. The number of benzene rings is 3. The van der Waals surface area contributed by atoms with Crippen molar-refractivity contribution in [3.63, 3.8) is 0 Å². The molecule has 1 aliphatic heterocycles. The maximum Gasteiger partial charge on any atom is 0.408 e. The Morgan fingerprint density at radius 2 is 1.60 bits per heavy atom. The number of rotatable bonds is 9. The predicted octanol–water partition coefficient (Wildman–Crippen LogP) is 4.75. The number of anilines is 1. The Morgan fingerprint density at radius 3 is 2.33 bits per heavy atom. The molecule has 2 atom stereocenters. The molecule has 0 aliphatic carbocycles. The van der Waals surface area contributed by atoms with Gasteiger partial charge in [0.25, 0.3) is 11.8 Å². The Hall–Kier alpha value is -4.38. The highest BCUT2D eigenvalue weighted by atomic mass is 19.4. The van der Waals surface area contributed by atoms with Crippen LogP contribution in [0.5, 0.6) is 0 Å². The van der Waals surface area contributed by atoms with Crippen molar-refractivity contribution in [1.29, 1.82) is 0 Å². The molecule has 0 saturated heterocycles. The minimum atomic E-state index is -4.63. The van der Waals surface area contributed by atoms with Crippen molar-refractivity contribution in [3.05, 3.63) is 90.0 Å². The van der Waals surface area contributed by atoms with E-state index in [2.05, 4.69) is 5.32 Å². The first kappa shape index (κ1) is 28.6. The van der Waals surface area contributed by atoms with Gasteiger partial charge in [-0.15, -0.1) is 0 Å². The monoisotopic (exact) mass is 555 g/mol. The van der Waals surface area contributed by atoms with E-state index in [4.69, 9.17) is 9.47 Å². The summed E-state index contributed by atoms with van der Waals surface area (Å²) in [6, 6.07) is 22.9. The van der Waals surface area contributed by atoms with Crippen LogP contribution in [0.3, 0.4) is 0 Å². The maximum atomic E-state index is 13.9. The van der Waals surface area contributed by atoms with Crippen LogP contribution in [0.25, 0.3) is 11.1 Å². The topological polar surface area (TPSA) is 97.0 Å². The van der Waals surface area contributed by atoms with Gasteiger partial charge >= 0.3 is 12.3 Å². The Bertz CT molecular complexity index is 1350. The Morgan fingerprint density at radius 1 is 0.950 bits per heavy atom. The van der Waals surface area contributed by atoms with Gasteiger partial charge in [0.2, 0.25) is 0 Å². The number of hydrogen-bond donors (Lipinski definition) is 2. The average Bonchev–Trinajstić information content (AvgIpc) is 3.03. The summed E-state index contributed by atoms with van der Waals surface area (Å²) in [5, 5.41) is 4.18. The first-order chi connectivity index (χ1) is 19.1. The number of alkyl carbamates (subject to hydrolysis) is 1. The second kappa shape index (κ2) is 12.6. The highest BCUT2D eigenvalue weighted by molar-refractivity contribution is 6.06. The number of amides is 3. The smallest absolute Gasteiger partial charge is 0.408 e. The van der Waals surface area contributed by atoms with E-state index in [1.54, 1.807) is 23.5 Å². The molecule has 8 nitrogen and oxygen atoms in total. The van der Waals surface area contributed by atoms with Gasteiger partial charge in [-0.25, -0.2) is 4.79 Å². The van der Waals surface area contributed by atoms with Gasteiger partial charge in [-0.05, 0) is 29.7 Å². The van der Waals surface area contributed by atoms with Crippen LogP contribution >= 0.6 is 0 Å². The van der Waals surface area contributed by atoms with Gasteiger partial charge < -0.3 is 25.0 Å². The largest absolute Gasteiger partial charge is 0.436 e. The third-order valence-corrected chi connectivity index (χ3v) is 6.21. The van der Waals surface area contributed by atoms with Crippen molar-refractivity contribution in [1.82, 2.24) is 10.6 Å². The number of hydrogen-bond acceptors (Lipinski definition) is 5. The molecule has 0 bridgehead atoms. The Labute approximate surface area is 229 Å². The third kappa shape index (κ3) is 7.17. The molecule has 0 radical (unpaired) electrons. The van der Waals surface area contributed by atoms with Crippen molar-refractivity contribution in [3.8, 4) is 11.1 Å². The van der Waals surface area contributed by atoms with Gasteiger partial charge in [-0.2, -0.15) is 13.2 Å². The SMILES string of the molecule is C[C@H](OC(=O)NCC(F)(F)F)C(=O)N[C@@H]1C(=O)N(CCOCc2ccccc2)c2ccccc2-c2ccccc21. The number of alkyl halides is 3. The molecule has 3 amide bonds. The molecule has 4 rings (SSSR count). The molecule has 3 aromatic carbocycles. The zero-order valence-electron chi connectivity index (χ0n) is 21.6. The van der Waals surface area contributed by atoms with Crippen LogP contribution in [0.15, 0.2) is 78.9 Å². The molecular formula is C29H28F3N3O5. The molecule has 1 heterocycles. The summed E-state index contributed by atoms with van der Waals surface area (Å²) < 4.78 is 47.8. The molecule has 3 aromatic rings. The Kier molecular flexibility index (Phi) is 9.05. The zero-order chi connectivity index (χ0) is 28.7. The van der Waals surface area contributed by atoms with Crippen LogP contribution in [0.1, 0.15) is 24.1 Å². The number of halogens is 3. The number of carbonyl (C=O) groups excluding carboxylic acids is 3. The minimum absolute atomic E-state index is 0.189. The third-order valence-electron chi connectivity index (χ3n) is 6.21. The number of nitrogens with zero attached hydrogens (tertiary/aromatic N) is 1. The standard InChI is InChI=1S/C29H28F3N3O5/c1-19(40-28(38)33-18-29(30,31)32)26(36)34-25-23-13-6-5-11-21(23)22-12-7-8-14-24(22)35(27(25)37)15-16-39-17-20-9-3-2-4-10-20/h2-14,19,25H,15-18H2,1H3,(H,33,38)(H,34,36)/t19-,25-/m0/s1. The van der Waals surface area contributed by atoms with Crippen molar-refractivity contribution < 1.29 is 37.0 Å². The van der Waals surface area contributed by atoms with E-state index in [0.29, 0.717) is 17.9 Å². The molecule has 2 N–H and O–H groups in total. The summed E-state index contributed by atoms with van der Waals surface area (Å²) >= 11 is 0. The quantitative estimate of drug-likeness (QED) is 0.372. The molecule has 0 saturated carbocycles.